The van der Waals surface area contributed by atoms with Crippen LogP contribution >= 0.6 is 0 Å². The van der Waals surface area contributed by atoms with Gasteiger partial charge in [0.15, 0.2) is 8.32 Å². The summed E-state index contributed by atoms with van der Waals surface area (Å²) in [7, 11) is 3.52. The van der Waals surface area contributed by atoms with E-state index in [0.29, 0.717) is 30.4 Å². The smallest absolute Gasteiger partial charge is 0.329 e. The molecule has 42 heavy (non-hydrogen) atoms. The van der Waals surface area contributed by atoms with Crippen LogP contribution in [-0.4, -0.2) is 80.4 Å². The first-order valence-corrected chi connectivity index (χ1v) is 17.2. The fraction of sp³-hybridized carbons (Fsp3) is 0.500. The predicted molar refractivity (Wildman–Crippen MR) is 171 cm³/mol. The lowest BCUT2D eigenvalue weighted by Crippen LogP contribution is -2.46. The van der Waals surface area contributed by atoms with Crippen LogP contribution in [0, 0.1) is 18.3 Å². The normalized spacial score (nSPS) is 16.8. The molecule has 1 radical (unpaired) electrons. The predicted octanol–water partition coefficient (Wildman–Crippen LogP) is 4.73. The van der Waals surface area contributed by atoms with Crippen molar-refractivity contribution in [1.82, 2.24) is 24.6 Å². The summed E-state index contributed by atoms with van der Waals surface area (Å²) in [6.45, 7) is 17.8. The molecule has 0 fully saturated rings. The summed E-state index contributed by atoms with van der Waals surface area (Å²) in [6, 6.07) is 10.1. The molecule has 4 rings (SSSR count). The van der Waals surface area contributed by atoms with Gasteiger partial charge in [-0.3, -0.25) is 0 Å². The zero-order valence-corrected chi connectivity index (χ0v) is 27.3. The zero-order chi connectivity index (χ0) is 30.9. The van der Waals surface area contributed by atoms with Crippen molar-refractivity contribution in [2.45, 2.75) is 64.7 Å². The van der Waals surface area contributed by atoms with Gasteiger partial charge in [-0.2, -0.15) is 10.4 Å². The van der Waals surface area contributed by atoms with Crippen molar-refractivity contribution in [2.24, 2.45) is 0 Å². The molecule has 0 aliphatic carbocycles. The van der Waals surface area contributed by atoms with Crippen LogP contribution in [0.15, 0.2) is 30.5 Å². The molecule has 0 bridgehead atoms. The van der Waals surface area contributed by atoms with Crippen LogP contribution in [0.3, 0.4) is 0 Å². The van der Waals surface area contributed by atoms with E-state index < -0.39 is 13.7 Å². The van der Waals surface area contributed by atoms with Gasteiger partial charge in [0.1, 0.15) is 18.1 Å². The van der Waals surface area contributed by atoms with Crippen molar-refractivity contribution in [3.8, 4) is 17.3 Å². The molecule has 2 aromatic heterocycles. The van der Waals surface area contributed by atoms with Gasteiger partial charge in [-0.15, -0.1) is 0 Å². The van der Waals surface area contributed by atoms with Crippen LogP contribution in [0.2, 0.25) is 18.1 Å². The van der Waals surface area contributed by atoms with Crippen molar-refractivity contribution in [2.75, 3.05) is 43.9 Å². The molecule has 1 aliphatic heterocycles. The Morgan fingerprint density at radius 3 is 2.67 bits per heavy atom. The molecule has 1 aromatic carbocycles. The number of aryl methyl sites for hydroxylation is 1. The lowest BCUT2D eigenvalue weighted by molar-refractivity contribution is 0.219. The molecule has 0 amide bonds. The quantitative estimate of drug-likeness (QED) is 0.252. The van der Waals surface area contributed by atoms with Crippen molar-refractivity contribution in [3.63, 3.8) is 0 Å². The van der Waals surface area contributed by atoms with Crippen LogP contribution in [0.5, 0.6) is 0 Å². The molecule has 1 atom stereocenters. The van der Waals surface area contributed by atoms with E-state index in [4.69, 9.17) is 9.41 Å². The fourth-order valence-corrected chi connectivity index (χ4v) is 5.98. The number of carbonyl (C=O) groups is 1. The van der Waals surface area contributed by atoms with E-state index in [1.807, 2.05) is 48.7 Å². The van der Waals surface area contributed by atoms with Crippen molar-refractivity contribution < 1.29 is 9.22 Å². The van der Waals surface area contributed by atoms with Gasteiger partial charge < -0.3 is 24.2 Å². The summed E-state index contributed by atoms with van der Waals surface area (Å²) in [5.74, 6) is 1.26. The molecule has 1 unspecified atom stereocenters. The maximum absolute atomic E-state index is 11.6. The third-order valence-electron chi connectivity index (χ3n) is 8.34. The third-order valence-corrected chi connectivity index (χ3v) is 12.8. The number of nitriles is 1. The highest BCUT2D eigenvalue weighted by Gasteiger charge is 2.44. The average molecular weight is 586 g/mol. The van der Waals surface area contributed by atoms with E-state index in [0.717, 1.165) is 47.6 Å². The van der Waals surface area contributed by atoms with Crippen molar-refractivity contribution in [3.05, 3.63) is 47.3 Å². The highest BCUT2D eigenvalue weighted by atomic mass is 28.4. The van der Waals surface area contributed by atoms with Crippen LogP contribution in [0.1, 0.15) is 44.5 Å². The lowest BCUT2D eigenvalue weighted by atomic mass is 9.83. The van der Waals surface area contributed by atoms with E-state index in [1.54, 1.807) is 6.20 Å². The number of anilines is 3. The molecule has 1 N–H and O–H groups in total. The molecule has 0 saturated carbocycles. The Morgan fingerprint density at radius 2 is 2.02 bits per heavy atom. The number of nitrogens with one attached hydrogen (secondary N) is 1. The topological polar surface area (TPSA) is 112 Å². The van der Waals surface area contributed by atoms with Gasteiger partial charge in [0.05, 0.1) is 23.5 Å². The zero-order valence-electron chi connectivity index (χ0n) is 26.3. The minimum Gasteiger partial charge on any atom is -0.416 e. The number of hydrogen-bond acceptors (Lipinski definition) is 9. The highest BCUT2D eigenvalue weighted by Crippen LogP contribution is 2.46. The molecule has 0 saturated heterocycles. The lowest BCUT2D eigenvalue weighted by Gasteiger charge is -2.39. The summed E-state index contributed by atoms with van der Waals surface area (Å²) in [6.07, 6.45) is 2.48. The molecule has 3 heterocycles. The maximum atomic E-state index is 11.6. The minimum absolute atomic E-state index is 0.0593. The first-order chi connectivity index (χ1) is 19.7. The summed E-state index contributed by atoms with van der Waals surface area (Å²) >= 11 is 0. The number of benzene rings is 1. The Morgan fingerprint density at radius 1 is 1.29 bits per heavy atom. The Balaban J connectivity index is 1.71. The SMILES string of the molecule is Cc1cc(Nc2nccc(-c3cc(C#N)c4c(c3)C(C)(CO[Si](C)(C)C(C)(C)C)CN4[B]C=O)n2)n(CCN(C)C)n1. The van der Waals surface area contributed by atoms with Crippen LogP contribution < -0.4 is 10.1 Å². The van der Waals surface area contributed by atoms with Crippen molar-refractivity contribution >= 4 is 39.4 Å². The summed E-state index contributed by atoms with van der Waals surface area (Å²) < 4.78 is 8.61. The molecule has 0 spiro atoms. The standard InChI is InChI=1S/C30H42BN8O2Si/c1-21-14-26(39(36-21)13-12-37(6)7)35-28-33-11-10-25(34-28)22-15-23(17-32)27-24(16-22)30(5,18-38(27)31-20-40)19-41-42(8,9)29(2,3)4/h10-11,14-16,20H,12-13,18-19H2,1-9H3,(H,33,34,35). The Bertz CT molecular complexity index is 1490. The number of hydrogen-bond donors (Lipinski definition) is 1. The third kappa shape index (κ3) is 6.59. The van der Waals surface area contributed by atoms with Crippen LogP contribution in [-0.2, 0) is 21.2 Å². The van der Waals surface area contributed by atoms with Gasteiger partial charge >= 0.3 is 7.41 Å². The molecule has 3 aromatic rings. The maximum Gasteiger partial charge on any atom is 0.329 e. The Kier molecular flexibility index (Phi) is 8.97. The van der Waals surface area contributed by atoms with Crippen LogP contribution in [0.4, 0.5) is 17.5 Å². The largest absolute Gasteiger partial charge is 0.416 e. The number of carbonyl (C=O) groups excluding carboxylic acids is 1. The highest BCUT2D eigenvalue weighted by molar-refractivity contribution is 6.74. The Labute approximate surface area is 251 Å². The first kappa shape index (κ1) is 31.4. The number of nitrogens with zero attached hydrogens (tertiary/aromatic N) is 7. The van der Waals surface area contributed by atoms with E-state index in [1.165, 1.54) is 7.41 Å². The van der Waals surface area contributed by atoms with Gasteiger partial charge in [-0.1, -0.05) is 27.7 Å². The fourth-order valence-electron chi connectivity index (χ4n) is 4.86. The molecule has 12 heteroatoms. The average Bonchev–Trinajstić information content (AvgIpc) is 3.41. The van der Waals surface area contributed by atoms with E-state index >= 15 is 0 Å². The number of fused-ring (bicyclic) bond motifs is 1. The second-order valence-corrected chi connectivity index (χ2v) is 18.0. The van der Waals surface area contributed by atoms with E-state index in [2.05, 4.69) is 73.2 Å². The molecule has 1 aliphatic rings. The second kappa shape index (κ2) is 12.0. The molecular formula is C30H42BN8O2Si. The minimum atomic E-state index is -2.04. The summed E-state index contributed by atoms with van der Waals surface area (Å²) in [5.41, 5.74) is 4.17. The van der Waals surface area contributed by atoms with Crippen LogP contribution in [0.25, 0.3) is 11.3 Å². The Hall–Kier alpha value is -3.53. The number of rotatable bonds is 11. The monoisotopic (exact) mass is 585 g/mol. The van der Waals surface area contributed by atoms with Gasteiger partial charge in [-0.25, -0.2) is 14.6 Å². The molecule has 221 valence electrons. The van der Waals surface area contributed by atoms with Gasteiger partial charge in [0.25, 0.3) is 0 Å². The summed E-state index contributed by atoms with van der Waals surface area (Å²) in [4.78, 5) is 24.8. The molecular weight excluding hydrogens is 543 g/mol. The van der Waals surface area contributed by atoms with E-state index in [-0.39, 0.29) is 5.04 Å². The van der Waals surface area contributed by atoms with E-state index in [9.17, 15) is 10.1 Å². The number of likely N-dealkylation sites (N-methyl/N-ethyl adjacent to an activating group) is 1. The molecule has 10 nitrogen and oxygen atoms in total. The summed E-state index contributed by atoms with van der Waals surface area (Å²) in [5, 5.41) is 18.2. The van der Waals surface area contributed by atoms with Gasteiger partial charge in [-0.05, 0) is 62.9 Å². The number of aromatic nitrogens is 4. The van der Waals surface area contributed by atoms with Crippen molar-refractivity contribution in [1.29, 1.82) is 5.26 Å². The second-order valence-electron chi connectivity index (χ2n) is 13.1. The van der Waals surface area contributed by atoms with Gasteiger partial charge in [0.2, 0.25) is 5.95 Å². The van der Waals surface area contributed by atoms with Gasteiger partial charge in [0, 0.05) is 48.6 Å². The first-order valence-electron chi connectivity index (χ1n) is 14.2.